The largest absolute Gasteiger partial charge is 0.497 e. The number of ether oxygens (including phenoxy) is 1. The summed E-state index contributed by atoms with van der Waals surface area (Å²) in [6.07, 6.45) is 5.24. The lowest BCUT2D eigenvalue weighted by Crippen LogP contribution is -2.03. The number of hydrogen-bond acceptors (Lipinski definition) is 5. The van der Waals surface area contributed by atoms with Crippen molar-refractivity contribution in [2.24, 2.45) is 0 Å². The van der Waals surface area contributed by atoms with Crippen LogP contribution >= 0.6 is 0 Å². The molecular weight excluding hydrogens is 304 g/mol. The molecule has 4 rings (SSSR count). The molecule has 2 aromatic heterocycles. The fraction of sp³-hybridized carbons (Fsp3) is 0.412. The van der Waals surface area contributed by atoms with Gasteiger partial charge >= 0.3 is 0 Å². The fourth-order valence-corrected chi connectivity index (χ4v) is 3.06. The molecule has 1 aromatic carbocycles. The Morgan fingerprint density at radius 3 is 2.83 bits per heavy atom. The summed E-state index contributed by atoms with van der Waals surface area (Å²) >= 11 is 0. The Bertz CT molecular complexity index is 820. The van der Waals surface area contributed by atoms with Gasteiger partial charge in [0.05, 0.1) is 7.11 Å². The van der Waals surface area contributed by atoms with Crippen molar-refractivity contribution in [1.29, 1.82) is 0 Å². The quantitative estimate of drug-likeness (QED) is 0.797. The van der Waals surface area contributed by atoms with Gasteiger partial charge in [-0.1, -0.05) is 18.6 Å². The molecule has 1 aliphatic rings. The Labute approximate surface area is 140 Å². The van der Waals surface area contributed by atoms with Gasteiger partial charge in [0.2, 0.25) is 11.6 Å². The standard InChI is InChI=1S/C17H20N6O/c1-24-13-8-6-12(7-9-13)11-14-18-16(21-19-14)17-22-20-15-5-3-2-4-10-23(15)17/h6-9H,2-5,10-11H2,1H3,(H,18,19,21). The van der Waals surface area contributed by atoms with E-state index in [4.69, 9.17) is 4.74 Å². The van der Waals surface area contributed by atoms with Crippen molar-refractivity contribution in [2.45, 2.75) is 38.6 Å². The van der Waals surface area contributed by atoms with Crippen LogP contribution in [-0.2, 0) is 19.4 Å². The summed E-state index contributed by atoms with van der Waals surface area (Å²) in [5.41, 5.74) is 1.15. The Hall–Kier alpha value is -2.70. The molecular formula is C17H20N6O. The number of aromatic amines is 1. The van der Waals surface area contributed by atoms with Gasteiger partial charge < -0.3 is 9.30 Å². The van der Waals surface area contributed by atoms with Crippen molar-refractivity contribution < 1.29 is 4.74 Å². The summed E-state index contributed by atoms with van der Waals surface area (Å²) < 4.78 is 7.34. The molecule has 0 spiro atoms. The smallest absolute Gasteiger partial charge is 0.219 e. The fourth-order valence-electron chi connectivity index (χ4n) is 3.06. The van der Waals surface area contributed by atoms with Gasteiger partial charge in [-0.25, -0.2) is 4.98 Å². The van der Waals surface area contributed by atoms with E-state index in [0.717, 1.165) is 48.2 Å². The molecule has 0 radical (unpaired) electrons. The van der Waals surface area contributed by atoms with E-state index in [1.54, 1.807) is 7.11 Å². The second-order valence-electron chi connectivity index (χ2n) is 6.03. The third-order valence-electron chi connectivity index (χ3n) is 4.37. The van der Waals surface area contributed by atoms with Crippen LogP contribution in [0.2, 0.25) is 0 Å². The van der Waals surface area contributed by atoms with Gasteiger partial charge in [-0.3, -0.25) is 5.10 Å². The Balaban J connectivity index is 1.55. The van der Waals surface area contributed by atoms with Crippen LogP contribution in [0.25, 0.3) is 11.6 Å². The number of H-pyrrole nitrogens is 1. The van der Waals surface area contributed by atoms with Gasteiger partial charge in [0.1, 0.15) is 17.4 Å². The van der Waals surface area contributed by atoms with Crippen LogP contribution in [-0.4, -0.2) is 37.1 Å². The SMILES string of the molecule is COc1ccc(Cc2nc(-c3nnc4n3CCCCC4)n[nH]2)cc1. The molecule has 0 saturated carbocycles. The van der Waals surface area contributed by atoms with Crippen LogP contribution < -0.4 is 4.74 Å². The number of rotatable bonds is 4. The third-order valence-corrected chi connectivity index (χ3v) is 4.37. The van der Waals surface area contributed by atoms with Crippen molar-refractivity contribution >= 4 is 0 Å². The zero-order valence-electron chi connectivity index (χ0n) is 13.7. The normalized spacial score (nSPS) is 14.2. The number of aryl methyl sites for hydroxylation is 1. The maximum Gasteiger partial charge on any atom is 0.219 e. The minimum atomic E-state index is 0.624. The monoisotopic (exact) mass is 324 g/mol. The summed E-state index contributed by atoms with van der Waals surface area (Å²) in [4.78, 5) is 4.61. The molecule has 3 heterocycles. The lowest BCUT2D eigenvalue weighted by molar-refractivity contribution is 0.414. The van der Waals surface area contributed by atoms with E-state index < -0.39 is 0 Å². The predicted molar refractivity (Wildman–Crippen MR) is 88.8 cm³/mol. The molecule has 0 saturated heterocycles. The van der Waals surface area contributed by atoms with E-state index in [1.165, 1.54) is 12.8 Å². The predicted octanol–water partition coefficient (Wildman–Crippen LogP) is 2.39. The minimum Gasteiger partial charge on any atom is -0.497 e. The highest BCUT2D eigenvalue weighted by atomic mass is 16.5. The van der Waals surface area contributed by atoms with Gasteiger partial charge in [0, 0.05) is 19.4 Å². The number of aromatic nitrogens is 6. The van der Waals surface area contributed by atoms with Crippen molar-refractivity contribution in [3.8, 4) is 17.4 Å². The summed E-state index contributed by atoms with van der Waals surface area (Å²) in [5, 5.41) is 16.0. The van der Waals surface area contributed by atoms with Crippen LogP contribution in [0.15, 0.2) is 24.3 Å². The molecule has 0 bridgehead atoms. The van der Waals surface area contributed by atoms with E-state index in [-0.39, 0.29) is 0 Å². The average Bonchev–Trinajstić information content (AvgIpc) is 3.16. The number of benzene rings is 1. The number of nitrogens with one attached hydrogen (secondary N) is 1. The molecule has 24 heavy (non-hydrogen) atoms. The molecule has 0 aliphatic carbocycles. The highest BCUT2D eigenvalue weighted by Crippen LogP contribution is 2.20. The minimum absolute atomic E-state index is 0.624. The lowest BCUT2D eigenvalue weighted by Gasteiger charge is -2.03. The van der Waals surface area contributed by atoms with E-state index >= 15 is 0 Å². The lowest BCUT2D eigenvalue weighted by atomic mass is 10.1. The molecule has 0 amide bonds. The van der Waals surface area contributed by atoms with E-state index in [2.05, 4.69) is 29.9 Å². The molecule has 0 atom stereocenters. The van der Waals surface area contributed by atoms with Crippen molar-refractivity contribution in [1.82, 2.24) is 29.9 Å². The number of fused-ring (bicyclic) bond motifs is 1. The third kappa shape index (κ3) is 2.89. The first-order valence-corrected chi connectivity index (χ1v) is 8.30. The van der Waals surface area contributed by atoms with Gasteiger partial charge in [0.25, 0.3) is 0 Å². The molecule has 7 heteroatoms. The number of methoxy groups -OCH3 is 1. The molecule has 124 valence electrons. The molecule has 1 N–H and O–H groups in total. The zero-order valence-corrected chi connectivity index (χ0v) is 13.7. The zero-order chi connectivity index (χ0) is 16.4. The van der Waals surface area contributed by atoms with Gasteiger partial charge in [0.15, 0.2) is 0 Å². The Morgan fingerprint density at radius 1 is 1.12 bits per heavy atom. The summed E-state index contributed by atoms with van der Waals surface area (Å²) in [6.45, 7) is 0.944. The second kappa shape index (κ2) is 6.43. The van der Waals surface area contributed by atoms with Crippen molar-refractivity contribution in [3.63, 3.8) is 0 Å². The van der Waals surface area contributed by atoms with E-state index in [1.807, 2.05) is 24.3 Å². The van der Waals surface area contributed by atoms with Crippen molar-refractivity contribution in [2.75, 3.05) is 7.11 Å². The topological polar surface area (TPSA) is 81.5 Å². The van der Waals surface area contributed by atoms with E-state index in [9.17, 15) is 0 Å². The van der Waals surface area contributed by atoms with Crippen molar-refractivity contribution in [3.05, 3.63) is 41.5 Å². The molecule has 7 nitrogen and oxygen atoms in total. The first-order chi connectivity index (χ1) is 11.8. The van der Waals surface area contributed by atoms with Crippen LogP contribution in [0.3, 0.4) is 0 Å². The number of hydrogen-bond donors (Lipinski definition) is 1. The Morgan fingerprint density at radius 2 is 2.00 bits per heavy atom. The molecule has 3 aromatic rings. The molecule has 1 aliphatic heterocycles. The highest BCUT2D eigenvalue weighted by Gasteiger charge is 2.19. The first-order valence-electron chi connectivity index (χ1n) is 8.30. The van der Waals surface area contributed by atoms with Crippen LogP contribution in [0.5, 0.6) is 5.75 Å². The summed E-state index contributed by atoms with van der Waals surface area (Å²) in [5.74, 6) is 4.11. The second-order valence-corrected chi connectivity index (χ2v) is 6.03. The summed E-state index contributed by atoms with van der Waals surface area (Å²) in [6, 6.07) is 7.96. The average molecular weight is 324 g/mol. The van der Waals surface area contributed by atoms with Gasteiger partial charge in [-0.15, -0.1) is 15.3 Å². The van der Waals surface area contributed by atoms with Crippen LogP contribution in [0, 0.1) is 0 Å². The number of nitrogens with zero attached hydrogens (tertiary/aromatic N) is 5. The molecule has 0 fully saturated rings. The maximum atomic E-state index is 5.18. The van der Waals surface area contributed by atoms with Gasteiger partial charge in [-0.05, 0) is 30.5 Å². The van der Waals surface area contributed by atoms with Gasteiger partial charge in [-0.2, -0.15) is 0 Å². The maximum absolute atomic E-state index is 5.18. The van der Waals surface area contributed by atoms with E-state index in [0.29, 0.717) is 12.2 Å². The Kier molecular flexibility index (Phi) is 3.98. The highest BCUT2D eigenvalue weighted by molar-refractivity contribution is 5.43. The summed E-state index contributed by atoms with van der Waals surface area (Å²) in [7, 11) is 1.67. The first kappa shape index (κ1) is 14.9. The van der Waals surface area contributed by atoms with Crippen LogP contribution in [0.1, 0.15) is 36.5 Å². The van der Waals surface area contributed by atoms with Crippen LogP contribution in [0.4, 0.5) is 0 Å². The molecule has 0 unspecified atom stereocenters.